The van der Waals surface area contributed by atoms with Gasteiger partial charge in [-0.2, -0.15) is 0 Å². The molecule has 0 unspecified atom stereocenters. The molecule has 0 radical (unpaired) electrons. The van der Waals surface area contributed by atoms with Crippen LogP contribution in [0, 0.1) is 23.7 Å². The van der Waals surface area contributed by atoms with Gasteiger partial charge in [-0.1, -0.05) is 24.3 Å². The molecule has 0 saturated carbocycles. The molecule has 0 fully saturated rings. The van der Waals surface area contributed by atoms with Crippen molar-refractivity contribution in [2.45, 2.75) is 32.6 Å². The zero-order chi connectivity index (χ0) is 9.78. The Bertz CT molecular complexity index is 242. The fraction of sp³-hybridized carbons (Fsp3) is 0.500. The average Bonchev–Trinajstić information content (AvgIpc) is 2.16. The first-order valence-electron chi connectivity index (χ1n) is 4.62. The number of hydrogen-bond acceptors (Lipinski definition) is 1. The summed E-state index contributed by atoms with van der Waals surface area (Å²) in [5.74, 6) is 11.3. The van der Waals surface area contributed by atoms with Gasteiger partial charge in [-0.15, -0.1) is 0 Å². The Morgan fingerprint density at radius 1 is 1.15 bits per heavy atom. The van der Waals surface area contributed by atoms with E-state index in [2.05, 4.69) is 23.7 Å². The van der Waals surface area contributed by atoms with Gasteiger partial charge in [0.1, 0.15) is 0 Å². The molecule has 0 aliphatic rings. The first-order chi connectivity index (χ1) is 6.41. The van der Waals surface area contributed by atoms with E-state index in [0.29, 0.717) is 0 Å². The topological polar surface area (TPSA) is 20.2 Å². The second-order valence-electron chi connectivity index (χ2n) is 2.61. The molecule has 70 valence electrons. The van der Waals surface area contributed by atoms with Crippen LogP contribution in [0.4, 0.5) is 0 Å². The van der Waals surface area contributed by atoms with Gasteiger partial charge in [0.25, 0.3) is 0 Å². The minimum atomic E-state index is 0.286. The lowest BCUT2D eigenvalue weighted by molar-refractivity contribution is 0.283. The number of unbranched alkanes of at least 4 members (excludes halogenated alkanes) is 3. The summed E-state index contributed by atoms with van der Waals surface area (Å²) in [5, 5.41) is 8.50. The van der Waals surface area contributed by atoms with Crippen LogP contribution < -0.4 is 0 Å². The van der Waals surface area contributed by atoms with Crippen LogP contribution in [0.5, 0.6) is 0 Å². The van der Waals surface area contributed by atoms with Crippen molar-refractivity contribution in [1.82, 2.24) is 0 Å². The Kier molecular flexibility index (Phi) is 9.84. The van der Waals surface area contributed by atoms with E-state index in [4.69, 9.17) is 5.11 Å². The highest BCUT2D eigenvalue weighted by Crippen LogP contribution is 1.96. The van der Waals surface area contributed by atoms with E-state index >= 15 is 0 Å². The van der Waals surface area contributed by atoms with E-state index in [-0.39, 0.29) is 6.61 Å². The van der Waals surface area contributed by atoms with E-state index in [9.17, 15) is 0 Å². The van der Waals surface area contributed by atoms with Gasteiger partial charge in [-0.3, -0.25) is 0 Å². The van der Waals surface area contributed by atoms with Gasteiger partial charge in [-0.25, -0.2) is 0 Å². The molecule has 1 nitrogen and oxygen atoms in total. The van der Waals surface area contributed by atoms with Crippen molar-refractivity contribution < 1.29 is 5.11 Å². The normalized spacial score (nSPS) is 8.77. The van der Waals surface area contributed by atoms with Crippen molar-refractivity contribution in [3.8, 4) is 23.7 Å². The molecule has 0 spiro atoms. The molecular weight excluding hydrogens is 160 g/mol. The highest BCUT2D eigenvalue weighted by molar-refractivity contribution is 5.30. The quantitative estimate of drug-likeness (QED) is 0.514. The monoisotopic (exact) mass is 176 g/mol. The molecule has 0 bridgehead atoms. The third kappa shape index (κ3) is 10.8. The summed E-state index contributed by atoms with van der Waals surface area (Å²) < 4.78 is 0. The Morgan fingerprint density at radius 3 is 2.69 bits per heavy atom. The van der Waals surface area contributed by atoms with Crippen molar-refractivity contribution in [1.29, 1.82) is 0 Å². The molecule has 0 saturated heterocycles. The number of rotatable bonds is 4. The van der Waals surface area contributed by atoms with Gasteiger partial charge in [-0.05, 0) is 37.7 Å². The number of aliphatic hydroxyl groups is 1. The minimum Gasteiger partial charge on any atom is -0.396 e. The van der Waals surface area contributed by atoms with E-state index in [0.717, 1.165) is 25.7 Å². The highest BCUT2D eigenvalue weighted by Gasteiger charge is 1.83. The Hall–Kier alpha value is -1.18. The fourth-order valence-corrected chi connectivity index (χ4v) is 0.770. The summed E-state index contributed by atoms with van der Waals surface area (Å²) in [7, 11) is 0. The van der Waals surface area contributed by atoms with Gasteiger partial charge in [0.2, 0.25) is 0 Å². The molecule has 0 amide bonds. The molecule has 0 rings (SSSR count). The minimum absolute atomic E-state index is 0.286. The lowest BCUT2D eigenvalue weighted by Crippen LogP contribution is -1.81. The summed E-state index contributed by atoms with van der Waals surface area (Å²) in [6, 6.07) is 0. The Labute approximate surface area is 80.9 Å². The van der Waals surface area contributed by atoms with Crippen molar-refractivity contribution in [2.24, 2.45) is 0 Å². The van der Waals surface area contributed by atoms with Gasteiger partial charge in [0, 0.05) is 13.0 Å². The molecule has 0 heterocycles. The fourth-order valence-electron chi connectivity index (χ4n) is 0.770. The summed E-state index contributed by atoms with van der Waals surface area (Å²) in [5.41, 5.74) is 0. The smallest absolute Gasteiger partial charge is 0.0431 e. The first-order valence-corrected chi connectivity index (χ1v) is 4.62. The molecule has 0 aromatic rings. The maximum atomic E-state index is 8.50. The van der Waals surface area contributed by atoms with Crippen LogP contribution in [0.3, 0.4) is 0 Å². The summed E-state index contributed by atoms with van der Waals surface area (Å²) >= 11 is 0. The SMILES string of the molecule is C/C=C/C#CC#CCCCCCO. The van der Waals surface area contributed by atoms with Crippen molar-refractivity contribution >= 4 is 0 Å². The van der Waals surface area contributed by atoms with Crippen LogP contribution in [0.15, 0.2) is 12.2 Å². The summed E-state index contributed by atoms with van der Waals surface area (Å²) in [6.45, 7) is 2.21. The average molecular weight is 176 g/mol. The predicted molar refractivity (Wildman–Crippen MR) is 55.9 cm³/mol. The van der Waals surface area contributed by atoms with E-state index in [1.54, 1.807) is 6.08 Å². The molecule has 0 aromatic carbocycles. The van der Waals surface area contributed by atoms with E-state index in [1.807, 2.05) is 13.0 Å². The lowest BCUT2D eigenvalue weighted by Gasteiger charge is -1.90. The number of hydrogen-bond donors (Lipinski definition) is 1. The van der Waals surface area contributed by atoms with Crippen LogP contribution in [0.1, 0.15) is 32.6 Å². The molecular formula is C12H16O. The van der Waals surface area contributed by atoms with Crippen molar-refractivity contribution in [2.75, 3.05) is 6.61 Å². The Morgan fingerprint density at radius 2 is 2.00 bits per heavy atom. The standard InChI is InChI=1S/C12H16O/c1-2-3-4-5-6-7-8-9-10-11-12-13/h2-3,13H,8-12H2,1H3/b3-2+. The van der Waals surface area contributed by atoms with Crippen LogP contribution in [0.2, 0.25) is 0 Å². The van der Waals surface area contributed by atoms with Crippen molar-refractivity contribution in [3.63, 3.8) is 0 Å². The van der Waals surface area contributed by atoms with Gasteiger partial charge < -0.3 is 5.11 Å². The highest BCUT2D eigenvalue weighted by atomic mass is 16.2. The van der Waals surface area contributed by atoms with E-state index < -0.39 is 0 Å². The van der Waals surface area contributed by atoms with Crippen LogP contribution in [-0.2, 0) is 0 Å². The molecule has 0 aromatic heterocycles. The predicted octanol–water partition coefficient (Wildman–Crippen LogP) is 2.12. The molecule has 0 atom stereocenters. The molecule has 0 aliphatic carbocycles. The number of allylic oxidation sites excluding steroid dienone is 2. The zero-order valence-corrected chi connectivity index (χ0v) is 8.14. The molecule has 0 aliphatic heterocycles. The van der Waals surface area contributed by atoms with Gasteiger partial charge >= 0.3 is 0 Å². The Balaban J connectivity index is 3.36. The van der Waals surface area contributed by atoms with Crippen LogP contribution in [0.25, 0.3) is 0 Å². The summed E-state index contributed by atoms with van der Waals surface area (Å²) in [4.78, 5) is 0. The third-order valence-electron chi connectivity index (χ3n) is 1.43. The second-order valence-corrected chi connectivity index (χ2v) is 2.61. The number of aliphatic hydroxyl groups excluding tert-OH is 1. The third-order valence-corrected chi connectivity index (χ3v) is 1.43. The maximum Gasteiger partial charge on any atom is 0.0431 e. The van der Waals surface area contributed by atoms with Crippen LogP contribution >= 0.6 is 0 Å². The zero-order valence-electron chi connectivity index (χ0n) is 8.14. The van der Waals surface area contributed by atoms with Gasteiger partial charge in [0.15, 0.2) is 0 Å². The largest absolute Gasteiger partial charge is 0.396 e. The summed E-state index contributed by atoms with van der Waals surface area (Å²) in [6.07, 6.45) is 7.53. The molecule has 1 N–H and O–H groups in total. The van der Waals surface area contributed by atoms with E-state index in [1.165, 1.54) is 0 Å². The van der Waals surface area contributed by atoms with Gasteiger partial charge in [0.05, 0.1) is 0 Å². The maximum absolute atomic E-state index is 8.50. The van der Waals surface area contributed by atoms with Crippen LogP contribution in [-0.4, -0.2) is 11.7 Å². The lowest BCUT2D eigenvalue weighted by atomic mass is 10.2. The molecule has 13 heavy (non-hydrogen) atoms. The molecule has 1 heteroatoms. The second kappa shape index (κ2) is 10.8. The van der Waals surface area contributed by atoms with Crippen molar-refractivity contribution in [3.05, 3.63) is 12.2 Å². The first kappa shape index (κ1) is 11.8.